The number of aromatic nitrogens is 5. The highest BCUT2D eigenvalue weighted by molar-refractivity contribution is 5.33. The van der Waals surface area contributed by atoms with Crippen molar-refractivity contribution in [3.8, 4) is 5.75 Å². The van der Waals surface area contributed by atoms with Crippen LogP contribution in [0.4, 0.5) is 5.95 Å². The normalized spacial score (nSPS) is 21.3. The molecule has 2 aromatic rings. The average molecular weight is 328 g/mol. The summed E-state index contributed by atoms with van der Waals surface area (Å²) in [6.45, 7) is 5.83. The lowest BCUT2D eigenvalue weighted by molar-refractivity contribution is 0.240. The van der Waals surface area contributed by atoms with Gasteiger partial charge in [0.15, 0.2) is 11.6 Å². The van der Waals surface area contributed by atoms with Crippen LogP contribution in [0.5, 0.6) is 5.75 Å². The molecule has 2 aliphatic rings. The summed E-state index contributed by atoms with van der Waals surface area (Å²) in [4.78, 5) is 15.9. The second-order valence-electron chi connectivity index (χ2n) is 7.02. The zero-order valence-electron chi connectivity index (χ0n) is 14.3. The molecule has 1 aliphatic carbocycles. The predicted octanol–water partition coefficient (Wildman–Crippen LogP) is 2.64. The van der Waals surface area contributed by atoms with Crippen LogP contribution in [-0.2, 0) is 0 Å². The van der Waals surface area contributed by atoms with Crippen LogP contribution in [0.3, 0.4) is 0 Å². The molecule has 0 amide bonds. The molecule has 24 heavy (non-hydrogen) atoms. The molecular weight excluding hydrogens is 304 g/mol. The van der Waals surface area contributed by atoms with Gasteiger partial charge in [-0.15, -0.1) is 0 Å². The minimum atomic E-state index is 0.130. The van der Waals surface area contributed by atoms with Crippen molar-refractivity contribution in [1.82, 2.24) is 25.1 Å². The topological polar surface area (TPSA) is 79.8 Å². The van der Waals surface area contributed by atoms with Crippen molar-refractivity contribution in [2.24, 2.45) is 0 Å². The highest BCUT2D eigenvalue weighted by Crippen LogP contribution is 2.38. The van der Waals surface area contributed by atoms with Gasteiger partial charge in [-0.3, -0.25) is 5.10 Å². The van der Waals surface area contributed by atoms with Gasteiger partial charge < -0.3 is 9.64 Å². The number of ether oxygens (including phenoxy) is 1. The van der Waals surface area contributed by atoms with Crippen molar-refractivity contribution in [3.63, 3.8) is 0 Å². The van der Waals surface area contributed by atoms with E-state index in [0.717, 1.165) is 43.5 Å². The van der Waals surface area contributed by atoms with Crippen molar-refractivity contribution in [2.75, 3.05) is 18.0 Å². The lowest BCUT2D eigenvalue weighted by Gasteiger charge is -2.31. The van der Waals surface area contributed by atoms with Crippen LogP contribution in [0.2, 0.25) is 0 Å². The third kappa shape index (κ3) is 3.34. The quantitative estimate of drug-likeness (QED) is 0.909. The number of nitrogens with one attached hydrogen (secondary N) is 1. The van der Waals surface area contributed by atoms with Gasteiger partial charge in [-0.25, -0.2) is 15.0 Å². The van der Waals surface area contributed by atoms with Crippen LogP contribution >= 0.6 is 0 Å². The summed E-state index contributed by atoms with van der Waals surface area (Å²) >= 11 is 0. The minimum Gasteiger partial charge on any atom is -0.488 e. The maximum absolute atomic E-state index is 5.61. The van der Waals surface area contributed by atoms with Crippen LogP contribution in [0.1, 0.15) is 63.0 Å². The van der Waals surface area contributed by atoms with Gasteiger partial charge in [-0.05, 0) is 39.5 Å². The fourth-order valence-electron chi connectivity index (χ4n) is 3.19. The summed E-state index contributed by atoms with van der Waals surface area (Å²) < 4.78 is 5.61. The molecule has 1 aliphatic heterocycles. The van der Waals surface area contributed by atoms with Gasteiger partial charge in [-0.1, -0.05) is 0 Å². The van der Waals surface area contributed by atoms with Gasteiger partial charge in [0, 0.05) is 24.9 Å². The van der Waals surface area contributed by atoms with Crippen molar-refractivity contribution in [3.05, 3.63) is 24.0 Å². The van der Waals surface area contributed by atoms with E-state index in [1.165, 1.54) is 12.8 Å². The Bertz CT molecular complexity index is 679. The Morgan fingerprint density at radius 1 is 1.17 bits per heavy atom. The van der Waals surface area contributed by atoms with E-state index < -0.39 is 0 Å². The SMILES string of the molecule is CC(C)Oc1cnc(N2CCCC(c3n[nH]c(C4CC4)n3)C2)nc1. The molecule has 0 spiro atoms. The van der Waals surface area contributed by atoms with Crippen molar-refractivity contribution in [1.29, 1.82) is 0 Å². The number of rotatable bonds is 5. The molecule has 2 aromatic heterocycles. The summed E-state index contributed by atoms with van der Waals surface area (Å²) in [6.07, 6.45) is 8.34. The largest absolute Gasteiger partial charge is 0.488 e. The maximum atomic E-state index is 5.61. The molecule has 3 heterocycles. The summed E-state index contributed by atoms with van der Waals surface area (Å²) in [7, 11) is 0. The summed E-state index contributed by atoms with van der Waals surface area (Å²) in [5.41, 5.74) is 0. The molecule has 1 unspecified atom stereocenters. The summed E-state index contributed by atoms with van der Waals surface area (Å²) in [6, 6.07) is 0. The van der Waals surface area contributed by atoms with E-state index >= 15 is 0 Å². The van der Waals surface area contributed by atoms with Crippen LogP contribution in [-0.4, -0.2) is 44.3 Å². The number of hydrogen-bond acceptors (Lipinski definition) is 6. The molecule has 128 valence electrons. The zero-order valence-corrected chi connectivity index (χ0v) is 14.3. The first kappa shape index (κ1) is 15.4. The monoisotopic (exact) mass is 328 g/mol. The Morgan fingerprint density at radius 2 is 1.96 bits per heavy atom. The van der Waals surface area contributed by atoms with Gasteiger partial charge in [0.25, 0.3) is 0 Å². The summed E-state index contributed by atoms with van der Waals surface area (Å²) in [5.74, 6) is 4.44. The molecule has 1 saturated heterocycles. The maximum Gasteiger partial charge on any atom is 0.225 e. The molecule has 4 rings (SSSR count). The molecule has 0 bridgehead atoms. The number of aromatic amines is 1. The van der Waals surface area contributed by atoms with Crippen molar-refractivity contribution >= 4 is 5.95 Å². The van der Waals surface area contributed by atoms with Gasteiger partial charge >= 0.3 is 0 Å². The Morgan fingerprint density at radius 3 is 2.67 bits per heavy atom. The van der Waals surface area contributed by atoms with E-state index in [2.05, 4.69) is 25.1 Å². The smallest absolute Gasteiger partial charge is 0.225 e. The lowest BCUT2D eigenvalue weighted by Crippen LogP contribution is -2.35. The van der Waals surface area contributed by atoms with Gasteiger partial charge in [-0.2, -0.15) is 5.10 Å². The molecule has 1 saturated carbocycles. The molecule has 2 fully saturated rings. The van der Waals surface area contributed by atoms with Crippen LogP contribution in [0, 0.1) is 0 Å². The predicted molar refractivity (Wildman–Crippen MR) is 90.3 cm³/mol. The van der Waals surface area contributed by atoms with E-state index in [1.54, 1.807) is 12.4 Å². The van der Waals surface area contributed by atoms with E-state index in [-0.39, 0.29) is 6.10 Å². The molecule has 1 atom stereocenters. The highest BCUT2D eigenvalue weighted by Gasteiger charge is 2.30. The standard InChI is InChI=1S/C17H24N6O/c1-11(2)24-14-8-18-17(19-9-14)23-7-3-4-13(10-23)16-20-15(21-22-16)12-5-6-12/h8-9,11-13H,3-7,10H2,1-2H3,(H,20,21,22). The van der Waals surface area contributed by atoms with Crippen molar-refractivity contribution in [2.45, 2.75) is 57.5 Å². The first-order valence-electron chi connectivity index (χ1n) is 8.85. The van der Waals surface area contributed by atoms with E-state index in [9.17, 15) is 0 Å². The Balaban J connectivity index is 1.43. The fourth-order valence-corrected chi connectivity index (χ4v) is 3.19. The fraction of sp³-hybridized carbons (Fsp3) is 0.647. The van der Waals surface area contributed by atoms with Gasteiger partial charge in [0.05, 0.1) is 18.5 Å². The molecule has 7 nitrogen and oxygen atoms in total. The first-order valence-corrected chi connectivity index (χ1v) is 8.85. The van der Waals surface area contributed by atoms with Crippen LogP contribution in [0.15, 0.2) is 12.4 Å². The Kier molecular flexibility index (Phi) is 4.08. The highest BCUT2D eigenvalue weighted by atomic mass is 16.5. The molecule has 0 aromatic carbocycles. The van der Waals surface area contributed by atoms with E-state index in [4.69, 9.17) is 9.72 Å². The van der Waals surface area contributed by atoms with Crippen LogP contribution < -0.4 is 9.64 Å². The van der Waals surface area contributed by atoms with E-state index in [1.807, 2.05) is 13.8 Å². The molecule has 7 heteroatoms. The van der Waals surface area contributed by atoms with Crippen LogP contribution in [0.25, 0.3) is 0 Å². The third-order valence-electron chi connectivity index (χ3n) is 4.54. The van der Waals surface area contributed by atoms with Gasteiger partial charge in [0.2, 0.25) is 5.95 Å². The lowest BCUT2D eigenvalue weighted by atomic mass is 9.97. The Labute approximate surface area is 141 Å². The van der Waals surface area contributed by atoms with Crippen molar-refractivity contribution < 1.29 is 4.74 Å². The Hall–Kier alpha value is -2.18. The second-order valence-corrected chi connectivity index (χ2v) is 7.02. The minimum absolute atomic E-state index is 0.130. The molecule has 1 N–H and O–H groups in total. The zero-order chi connectivity index (χ0) is 16.5. The second kappa shape index (κ2) is 6.37. The molecular formula is C17H24N6O. The van der Waals surface area contributed by atoms with E-state index in [0.29, 0.717) is 17.6 Å². The average Bonchev–Trinajstić information content (AvgIpc) is 3.32. The number of H-pyrrole nitrogens is 1. The number of nitrogens with zero attached hydrogens (tertiary/aromatic N) is 5. The number of piperidine rings is 1. The van der Waals surface area contributed by atoms with Gasteiger partial charge in [0.1, 0.15) is 5.82 Å². The number of hydrogen-bond donors (Lipinski definition) is 1. The first-order chi connectivity index (χ1) is 11.7. The summed E-state index contributed by atoms with van der Waals surface area (Å²) in [5, 5.41) is 7.57. The third-order valence-corrected chi connectivity index (χ3v) is 4.54. The number of anilines is 1. The molecule has 0 radical (unpaired) electrons.